The highest BCUT2D eigenvalue weighted by Gasteiger charge is 2.56. The molecule has 10 nitrogen and oxygen atoms in total. The summed E-state index contributed by atoms with van der Waals surface area (Å²) in [5, 5.41) is 8.93. The lowest BCUT2D eigenvalue weighted by molar-refractivity contribution is -0.154. The number of benzene rings is 1. The Kier molecular flexibility index (Phi) is 5.84. The molecule has 2 aliphatic heterocycles. The maximum atomic E-state index is 13.0. The number of ether oxygens (including phenoxy) is 1. The number of nitrogens with one attached hydrogen (secondary N) is 1. The van der Waals surface area contributed by atoms with Crippen molar-refractivity contribution in [1.29, 1.82) is 0 Å². The van der Waals surface area contributed by atoms with E-state index in [1.54, 1.807) is 31.2 Å². The van der Waals surface area contributed by atoms with Crippen LogP contribution in [0.2, 0.25) is 5.02 Å². The third-order valence-corrected chi connectivity index (χ3v) is 6.81. The monoisotopic (exact) mass is 498 g/mol. The minimum absolute atomic E-state index is 0.0722. The number of carbonyl (C=O) groups excluding carboxylic acids is 4. The second kappa shape index (κ2) is 8.84. The van der Waals surface area contributed by atoms with Crippen molar-refractivity contribution in [3.05, 3.63) is 59.0 Å². The fourth-order valence-corrected chi connectivity index (χ4v) is 4.57. The zero-order valence-corrected chi connectivity index (χ0v) is 19.7. The van der Waals surface area contributed by atoms with Crippen LogP contribution < -0.4 is 5.32 Å². The highest BCUT2D eigenvalue weighted by Crippen LogP contribution is 2.42. The molecule has 0 spiro atoms. The van der Waals surface area contributed by atoms with E-state index in [9.17, 15) is 19.2 Å². The van der Waals surface area contributed by atoms with Crippen LogP contribution in [0.3, 0.4) is 0 Å². The standard InChI is InChI=1S/C24H23ClN4O6/c1-24(15-6-7-15)22(32)28(23(33)26-24)12-21(31)35-13-20(30)29-18(19-3-2-10-34-19)11-17(27-29)14-4-8-16(25)9-5-14/h2-5,8-10,15,18H,6-7,11-13H2,1H3,(H,26,33)/t18-,24-/m1/s1. The number of halogens is 1. The van der Waals surface area contributed by atoms with Crippen LogP contribution >= 0.6 is 11.6 Å². The van der Waals surface area contributed by atoms with Crippen molar-refractivity contribution < 1.29 is 28.3 Å². The van der Waals surface area contributed by atoms with E-state index in [2.05, 4.69) is 10.4 Å². The lowest BCUT2D eigenvalue weighted by Crippen LogP contribution is -2.46. The average molecular weight is 499 g/mol. The van der Waals surface area contributed by atoms with Gasteiger partial charge >= 0.3 is 12.0 Å². The molecule has 35 heavy (non-hydrogen) atoms. The molecule has 2 aromatic rings. The molecule has 1 saturated carbocycles. The van der Waals surface area contributed by atoms with Gasteiger partial charge in [-0.25, -0.2) is 9.80 Å². The van der Waals surface area contributed by atoms with Crippen LogP contribution in [0, 0.1) is 5.92 Å². The molecular formula is C24H23ClN4O6. The molecular weight excluding hydrogens is 476 g/mol. The summed E-state index contributed by atoms with van der Waals surface area (Å²) in [5.41, 5.74) is 0.461. The Labute approximate surface area is 205 Å². The Morgan fingerprint density at radius 1 is 1.23 bits per heavy atom. The molecule has 3 heterocycles. The number of nitrogens with zero attached hydrogens (tertiary/aromatic N) is 3. The number of hydrogen-bond donors (Lipinski definition) is 1. The van der Waals surface area contributed by atoms with Crippen LogP contribution in [0.5, 0.6) is 0 Å². The van der Waals surface area contributed by atoms with E-state index >= 15 is 0 Å². The largest absolute Gasteiger partial charge is 0.467 e. The maximum absolute atomic E-state index is 13.0. The molecule has 182 valence electrons. The molecule has 0 unspecified atom stereocenters. The number of rotatable bonds is 7. The molecule has 0 bridgehead atoms. The van der Waals surface area contributed by atoms with E-state index in [-0.39, 0.29) is 5.92 Å². The number of carbonyl (C=O) groups is 4. The van der Waals surface area contributed by atoms with E-state index in [1.807, 2.05) is 12.1 Å². The van der Waals surface area contributed by atoms with Crippen molar-refractivity contribution in [3.8, 4) is 0 Å². The van der Waals surface area contributed by atoms with Gasteiger partial charge in [0.25, 0.3) is 11.8 Å². The number of esters is 1. The Morgan fingerprint density at radius 3 is 2.63 bits per heavy atom. The summed E-state index contributed by atoms with van der Waals surface area (Å²) in [5.74, 6) is -1.27. The van der Waals surface area contributed by atoms with Gasteiger partial charge in [-0.2, -0.15) is 5.10 Å². The van der Waals surface area contributed by atoms with Crippen molar-refractivity contribution in [2.75, 3.05) is 13.2 Å². The van der Waals surface area contributed by atoms with Crippen LogP contribution in [-0.2, 0) is 19.1 Å². The van der Waals surface area contributed by atoms with Crippen molar-refractivity contribution in [1.82, 2.24) is 15.2 Å². The Morgan fingerprint density at radius 2 is 1.97 bits per heavy atom. The van der Waals surface area contributed by atoms with Gasteiger partial charge in [-0.05, 0) is 55.5 Å². The maximum Gasteiger partial charge on any atom is 0.326 e. The van der Waals surface area contributed by atoms with Crippen LogP contribution in [0.25, 0.3) is 0 Å². The summed E-state index contributed by atoms with van der Waals surface area (Å²) in [6.07, 6.45) is 3.60. The second-order valence-electron chi connectivity index (χ2n) is 8.99. The Hall–Kier alpha value is -3.66. The van der Waals surface area contributed by atoms with E-state index in [0.717, 1.165) is 23.3 Å². The van der Waals surface area contributed by atoms with Gasteiger partial charge in [-0.1, -0.05) is 23.7 Å². The summed E-state index contributed by atoms with van der Waals surface area (Å²) in [6.45, 7) is 0.496. The van der Waals surface area contributed by atoms with Crippen LogP contribution in [0.15, 0.2) is 52.2 Å². The van der Waals surface area contributed by atoms with Crippen LogP contribution in [-0.4, -0.2) is 58.1 Å². The van der Waals surface area contributed by atoms with Crippen molar-refractivity contribution in [2.24, 2.45) is 11.0 Å². The first kappa shape index (κ1) is 23.1. The third-order valence-electron chi connectivity index (χ3n) is 6.55. The molecule has 1 N–H and O–H groups in total. The summed E-state index contributed by atoms with van der Waals surface area (Å²) >= 11 is 5.97. The fraction of sp³-hybridized carbons (Fsp3) is 0.375. The molecule has 1 saturated heterocycles. The minimum atomic E-state index is -0.994. The number of furan rings is 1. The Bertz CT molecular complexity index is 1210. The lowest BCUT2D eigenvalue weighted by Gasteiger charge is -2.21. The zero-order chi connectivity index (χ0) is 24.7. The predicted molar refractivity (Wildman–Crippen MR) is 123 cm³/mol. The molecule has 2 atom stereocenters. The van der Waals surface area contributed by atoms with E-state index in [1.165, 1.54) is 11.3 Å². The molecule has 2 fully saturated rings. The second-order valence-corrected chi connectivity index (χ2v) is 9.42. The summed E-state index contributed by atoms with van der Waals surface area (Å²) in [4.78, 5) is 51.2. The zero-order valence-electron chi connectivity index (χ0n) is 18.9. The van der Waals surface area contributed by atoms with Crippen LogP contribution in [0.4, 0.5) is 4.79 Å². The fourth-order valence-electron chi connectivity index (χ4n) is 4.44. The van der Waals surface area contributed by atoms with Gasteiger partial charge in [0, 0.05) is 11.4 Å². The molecule has 0 radical (unpaired) electrons. The normalized spacial score (nSPS) is 23.9. The van der Waals surface area contributed by atoms with Crippen molar-refractivity contribution in [2.45, 2.75) is 37.8 Å². The quantitative estimate of drug-likeness (QED) is 0.462. The SMILES string of the molecule is C[C@]1(C2CC2)NC(=O)N(CC(=O)OCC(=O)N2N=C(c3ccc(Cl)cc3)C[C@@H]2c2ccco2)C1=O. The van der Waals surface area contributed by atoms with Gasteiger partial charge in [-0.3, -0.25) is 19.3 Å². The van der Waals surface area contributed by atoms with Gasteiger partial charge < -0.3 is 14.5 Å². The van der Waals surface area contributed by atoms with Crippen LogP contribution in [0.1, 0.15) is 43.6 Å². The highest BCUT2D eigenvalue weighted by atomic mass is 35.5. The van der Waals surface area contributed by atoms with Crippen molar-refractivity contribution >= 4 is 41.1 Å². The van der Waals surface area contributed by atoms with E-state index in [4.69, 9.17) is 20.8 Å². The molecule has 1 aromatic carbocycles. The number of urea groups is 1. The molecule has 11 heteroatoms. The van der Waals surface area contributed by atoms with E-state index < -0.39 is 48.5 Å². The Balaban J connectivity index is 1.24. The van der Waals surface area contributed by atoms with Crippen molar-refractivity contribution in [3.63, 3.8) is 0 Å². The van der Waals surface area contributed by atoms with Gasteiger partial charge in [0.1, 0.15) is 23.9 Å². The molecule has 3 aliphatic rings. The molecule has 1 aromatic heterocycles. The molecule has 1 aliphatic carbocycles. The number of amides is 4. The number of hydrazone groups is 1. The topological polar surface area (TPSA) is 122 Å². The van der Waals surface area contributed by atoms with Gasteiger partial charge in [0.15, 0.2) is 6.61 Å². The minimum Gasteiger partial charge on any atom is -0.467 e. The first-order valence-electron chi connectivity index (χ1n) is 11.2. The van der Waals surface area contributed by atoms with Gasteiger partial charge in [0.2, 0.25) is 0 Å². The highest BCUT2D eigenvalue weighted by molar-refractivity contribution is 6.30. The summed E-state index contributed by atoms with van der Waals surface area (Å²) in [7, 11) is 0. The summed E-state index contributed by atoms with van der Waals surface area (Å²) in [6, 6.07) is 9.39. The lowest BCUT2D eigenvalue weighted by atomic mass is 9.96. The van der Waals surface area contributed by atoms with E-state index in [0.29, 0.717) is 22.9 Å². The predicted octanol–water partition coefficient (Wildman–Crippen LogP) is 2.87. The number of hydrogen-bond acceptors (Lipinski definition) is 7. The first-order chi connectivity index (χ1) is 16.8. The molecule has 4 amide bonds. The molecule has 5 rings (SSSR count). The summed E-state index contributed by atoms with van der Waals surface area (Å²) < 4.78 is 10.6. The van der Waals surface area contributed by atoms with Gasteiger partial charge in [-0.15, -0.1) is 0 Å². The van der Waals surface area contributed by atoms with Gasteiger partial charge in [0.05, 0.1) is 12.0 Å². The number of imide groups is 1. The smallest absolute Gasteiger partial charge is 0.326 e. The average Bonchev–Trinajstić information content (AvgIpc) is 3.30. The first-order valence-corrected chi connectivity index (χ1v) is 11.6. The third kappa shape index (κ3) is 4.41.